The number of aliphatic hydroxyl groups excluding tert-OH is 1. The first-order valence-corrected chi connectivity index (χ1v) is 6.87. The number of nitrogens with one attached hydrogen (secondary N) is 1. The van der Waals surface area contributed by atoms with Crippen molar-refractivity contribution in [3.05, 3.63) is 34.3 Å². The number of hydrogen-bond acceptors (Lipinski definition) is 3. The van der Waals surface area contributed by atoms with Crippen LogP contribution in [0, 0.1) is 6.92 Å². The van der Waals surface area contributed by atoms with Crippen molar-refractivity contribution in [2.24, 2.45) is 5.73 Å². The van der Waals surface area contributed by atoms with Gasteiger partial charge in [0.1, 0.15) is 0 Å². The van der Waals surface area contributed by atoms with Gasteiger partial charge in [0, 0.05) is 24.2 Å². The Morgan fingerprint density at radius 1 is 1.33 bits per heavy atom. The van der Waals surface area contributed by atoms with E-state index < -0.39 is 0 Å². The van der Waals surface area contributed by atoms with Crippen molar-refractivity contribution < 1.29 is 5.11 Å². The molecule has 0 saturated heterocycles. The SMILES string of the molecule is Cc1ccc(C(CN)NCCCCCO)cc1Cl. The van der Waals surface area contributed by atoms with E-state index in [0.29, 0.717) is 6.54 Å². The van der Waals surface area contributed by atoms with E-state index >= 15 is 0 Å². The number of nitrogens with two attached hydrogens (primary N) is 1. The largest absolute Gasteiger partial charge is 0.396 e. The fourth-order valence-electron chi connectivity index (χ4n) is 1.85. The maximum atomic E-state index is 8.70. The zero-order chi connectivity index (χ0) is 13.4. The maximum Gasteiger partial charge on any atom is 0.0445 e. The molecule has 0 saturated carbocycles. The normalized spacial score (nSPS) is 12.7. The van der Waals surface area contributed by atoms with Gasteiger partial charge in [0.05, 0.1) is 0 Å². The molecule has 0 amide bonds. The van der Waals surface area contributed by atoms with E-state index in [9.17, 15) is 0 Å². The molecule has 0 fully saturated rings. The van der Waals surface area contributed by atoms with E-state index in [2.05, 4.69) is 11.4 Å². The van der Waals surface area contributed by atoms with Crippen molar-refractivity contribution in [1.29, 1.82) is 0 Å². The van der Waals surface area contributed by atoms with Gasteiger partial charge in [-0.05, 0) is 49.9 Å². The van der Waals surface area contributed by atoms with Gasteiger partial charge in [-0.25, -0.2) is 0 Å². The summed E-state index contributed by atoms with van der Waals surface area (Å²) in [5, 5.41) is 12.9. The Kier molecular flexibility index (Phi) is 7.28. The minimum absolute atomic E-state index is 0.150. The van der Waals surface area contributed by atoms with Gasteiger partial charge in [-0.1, -0.05) is 23.7 Å². The van der Waals surface area contributed by atoms with Gasteiger partial charge in [-0.15, -0.1) is 0 Å². The van der Waals surface area contributed by atoms with E-state index in [4.69, 9.17) is 22.4 Å². The maximum absolute atomic E-state index is 8.70. The number of aryl methyl sites for hydroxylation is 1. The molecule has 0 aromatic heterocycles. The lowest BCUT2D eigenvalue weighted by atomic mass is 10.0. The molecule has 0 aliphatic rings. The quantitative estimate of drug-likeness (QED) is 0.636. The van der Waals surface area contributed by atoms with Gasteiger partial charge in [0.25, 0.3) is 0 Å². The fourth-order valence-corrected chi connectivity index (χ4v) is 2.04. The van der Waals surface area contributed by atoms with E-state index in [1.54, 1.807) is 0 Å². The second-order valence-electron chi connectivity index (χ2n) is 4.54. The van der Waals surface area contributed by atoms with Gasteiger partial charge in [0.2, 0.25) is 0 Å². The topological polar surface area (TPSA) is 58.3 Å². The zero-order valence-electron chi connectivity index (χ0n) is 11.0. The summed E-state index contributed by atoms with van der Waals surface area (Å²) >= 11 is 6.12. The highest BCUT2D eigenvalue weighted by molar-refractivity contribution is 6.31. The van der Waals surface area contributed by atoms with Crippen molar-refractivity contribution in [1.82, 2.24) is 5.32 Å². The lowest BCUT2D eigenvalue weighted by Gasteiger charge is -2.18. The Morgan fingerprint density at radius 2 is 2.11 bits per heavy atom. The Balaban J connectivity index is 2.47. The second kappa shape index (κ2) is 8.48. The van der Waals surface area contributed by atoms with Crippen LogP contribution in [-0.4, -0.2) is 24.8 Å². The predicted molar refractivity (Wildman–Crippen MR) is 76.9 cm³/mol. The van der Waals surface area contributed by atoms with Gasteiger partial charge in [-0.3, -0.25) is 0 Å². The molecule has 4 heteroatoms. The van der Waals surface area contributed by atoms with Crippen molar-refractivity contribution >= 4 is 11.6 Å². The molecular weight excluding hydrogens is 248 g/mol. The second-order valence-corrected chi connectivity index (χ2v) is 4.94. The average Bonchev–Trinajstić information content (AvgIpc) is 2.37. The highest BCUT2D eigenvalue weighted by atomic mass is 35.5. The molecule has 1 aromatic rings. The van der Waals surface area contributed by atoms with E-state index in [0.717, 1.165) is 42.0 Å². The first kappa shape index (κ1) is 15.4. The summed E-state index contributed by atoms with van der Waals surface area (Å²) in [5.41, 5.74) is 8.01. The smallest absolute Gasteiger partial charge is 0.0445 e. The van der Waals surface area contributed by atoms with Crippen LogP contribution >= 0.6 is 11.6 Å². The lowest BCUT2D eigenvalue weighted by molar-refractivity contribution is 0.282. The van der Waals surface area contributed by atoms with Crippen LogP contribution in [0.4, 0.5) is 0 Å². The summed E-state index contributed by atoms with van der Waals surface area (Å²) in [5.74, 6) is 0. The molecule has 0 bridgehead atoms. The molecule has 1 atom stereocenters. The number of rotatable bonds is 8. The van der Waals surface area contributed by atoms with Crippen LogP contribution in [-0.2, 0) is 0 Å². The third-order valence-corrected chi connectivity index (χ3v) is 3.47. The first-order valence-electron chi connectivity index (χ1n) is 6.49. The molecule has 102 valence electrons. The van der Waals surface area contributed by atoms with E-state index in [-0.39, 0.29) is 12.6 Å². The third-order valence-electron chi connectivity index (χ3n) is 3.06. The standard InChI is InChI=1S/C14H23ClN2O/c1-11-5-6-12(9-13(11)15)14(10-16)17-7-3-2-4-8-18/h5-6,9,14,17-18H,2-4,7-8,10,16H2,1H3. The highest BCUT2D eigenvalue weighted by Gasteiger charge is 2.09. The molecule has 0 aliphatic carbocycles. The molecule has 18 heavy (non-hydrogen) atoms. The number of aliphatic hydroxyl groups is 1. The monoisotopic (exact) mass is 270 g/mol. The number of unbranched alkanes of at least 4 members (excludes halogenated alkanes) is 2. The summed E-state index contributed by atoms with van der Waals surface area (Å²) in [6.07, 6.45) is 2.96. The Labute approximate surface area is 114 Å². The number of hydrogen-bond donors (Lipinski definition) is 3. The Morgan fingerprint density at radius 3 is 2.72 bits per heavy atom. The lowest BCUT2D eigenvalue weighted by Crippen LogP contribution is -2.29. The Hall–Kier alpha value is -0.610. The summed E-state index contributed by atoms with van der Waals surface area (Å²) < 4.78 is 0. The number of benzene rings is 1. The molecule has 1 unspecified atom stereocenters. The fraction of sp³-hybridized carbons (Fsp3) is 0.571. The molecule has 4 N–H and O–H groups in total. The average molecular weight is 271 g/mol. The van der Waals surface area contributed by atoms with Crippen molar-refractivity contribution in [2.75, 3.05) is 19.7 Å². The molecule has 1 rings (SSSR count). The zero-order valence-corrected chi connectivity index (χ0v) is 11.7. The number of halogens is 1. The molecule has 0 spiro atoms. The summed E-state index contributed by atoms with van der Waals surface area (Å²) in [6.45, 7) is 3.73. The summed E-state index contributed by atoms with van der Waals surface area (Å²) in [4.78, 5) is 0. The van der Waals surface area contributed by atoms with Gasteiger partial charge < -0.3 is 16.2 Å². The molecule has 3 nitrogen and oxygen atoms in total. The highest BCUT2D eigenvalue weighted by Crippen LogP contribution is 2.21. The molecule has 0 heterocycles. The van der Waals surface area contributed by atoms with Crippen LogP contribution in [0.3, 0.4) is 0 Å². The van der Waals surface area contributed by atoms with Crippen LogP contribution < -0.4 is 11.1 Å². The molecule has 1 aromatic carbocycles. The molecule has 0 radical (unpaired) electrons. The minimum Gasteiger partial charge on any atom is -0.396 e. The minimum atomic E-state index is 0.150. The van der Waals surface area contributed by atoms with E-state index in [1.807, 2.05) is 19.1 Å². The predicted octanol–water partition coefficient (Wildman–Crippen LogP) is 2.40. The van der Waals surface area contributed by atoms with Crippen LogP contribution in [0.25, 0.3) is 0 Å². The molecular formula is C14H23ClN2O. The van der Waals surface area contributed by atoms with Crippen LogP contribution in [0.2, 0.25) is 5.02 Å². The first-order chi connectivity index (χ1) is 8.69. The van der Waals surface area contributed by atoms with Gasteiger partial charge >= 0.3 is 0 Å². The van der Waals surface area contributed by atoms with Crippen molar-refractivity contribution in [3.63, 3.8) is 0 Å². The van der Waals surface area contributed by atoms with Crippen molar-refractivity contribution in [3.8, 4) is 0 Å². The van der Waals surface area contributed by atoms with Crippen LogP contribution in [0.1, 0.15) is 36.4 Å². The van der Waals surface area contributed by atoms with Crippen molar-refractivity contribution in [2.45, 2.75) is 32.2 Å². The van der Waals surface area contributed by atoms with E-state index in [1.165, 1.54) is 0 Å². The summed E-state index contributed by atoms with van der Waals surface area (Å²) in [6, 6.07) is 6.22. The van der Waals surface area contributed by atoms with Crippen LogP contribution in [0.15, 0.2) is 18.2 Å². The van der Waals surface area contributed by atoms with Gasteiger partial charge in [0.15, 0.2) is 0 Å². The van der Waals surface area contributed by atoms with Gasteiger partial charge in [-0.2, -0.15) is 0 Å². The Bertz CT molecular complexity index is 358. The molecule has 0 aliphatic heterocycles. The summed E-state index contributed by atoms with van der Waals surface area (Å²) in [7, 11) is 0. The third kappa shape index (κ3) is 4.94. The van der Waals surface area contributed by atoms with Crippen LogP contribution in [0.5, 0.6) is 0 Å².